The van der Waals surface area contributed by atoms with Gasteiger partial charge < -0.3 is 0 Å². The molecular formula is C10H9BrFNO2S. The average Bonchev–Trinajstić information content (AvgIpc) is 2.22. The first kappa shape index (κ1) is 13.2. The largest absolute Gasteiger partial charge is 0.243 e. The molecule has 1 aromatic rings. The van der Waals surface area contributed by atoms with Gasteiger partial charge in [-0.05, 0) is 34.1 Å². The fraction of sp³-hybridized carbons (Fsp3) is 0.200. The molecule has 6 heteroatoms. The van der Waals surface area contributed by atoms with Gasteiger partial charge in [0.05, 0.1) is 15.9 Å². The van der Waals surface area contributed by atoms with E-state index in [1.807, 2.05) is 0 Å². The monoisotopic (exact) mass is 305 g/mol. The normalized spacial score (nSPS) is 11.4. The number of benzene rings is 1. The first-order valence-electron chi connectivity index (χ1n) is 4.24. The SMILES string of the molecule is C#CCN(C)S(=O)(=O)c1ccc(Br)c(F)c1. The van der Waals surface area contributed by atoms with E-state index < -0.39 is 15.8 Å². The topological polar surface area (TPSA) is 37.4 Å². The van der Waals surface area contributed by atoms with Gasteiger partial charge in [-0.25, -0.2) is 12.8 Å². The van der Waals surface area contributed by atoms with Crippen LogP contribution in [0.2, 0.25) is 0 Å². The van der Waals surface area contributed by atoms with Gasteiger partial charge in [-0.15, -0.1) is 6.42 Å². The molecule has 0 aliphatic rings. The molecule has 16 heavy (non-hydrogen) atoms. The summed E-state index contributed by atoms with van der Waals surface area (Å²) in [6, 6.07) is 3.61. The van der Waals surface area contributed by atoms with Crippen molar-refractivity contribution >= 4 is 26.0 Å². The molecule has 0 unspecified atom stereocenters. The maximum atomic E-state index is 13.2. The van der Waals surface area contributed by atoms with Crippen molar-refractivity contribution in [2.24, 2.45) is 0 Å². The van der Waals surface area contributed by atoms with E-state index in [1.165, 1.54) is 19.2 Å². The lowest BCUT2D eigenvalue weighted by Crippen LogP contribution is -2.27. The summed E-state index contributed by atoms with van der Waals surface area (Å²) in [5.74, 6) is 1.58. The van der Waals surface area contributed by atoms with Gasteiger partial charge in [-0.1, -0.05) is 5.92 Å². The molecule has 0 atom stereocenters. The number of terminal acetylenes is 1. The van der Waals surface area contributed by atoms with Crippen molar-refractivity contribution in [3.8, 4) is 12.3 Å². The van der Waals surface area contributed by atoms with Crippen LogP contribution in [0.5, 0.6) is 0 Å². The summed E-state index contributed by atoms with van der Waals surface area (Å²) in [5.41, 5.74) is 0. The van der Waals surface area contributed by atoms with E-state index in [-0.39, 0.29) is 15.9 Å². The van der Waals surface area contributed by atoms with E-state index in [2.05, 4.69) is 21.9 Å². The first-order valence-corrected chi connectivity index (χ1v) is 6.47. The van der Waals surface area contributed by atoms with Crippen LogP contribution >= 0.6 is 15.9 Å². The summed E-state index contributed by atoms with van der Waals surface area (Å²) >= 11 is 2.95. The second-order valence-corrected chi connectivity index (χ2v) is 5.94. The molecule has 0 aliphatic carbocycles. The Hall–Kier alpha value is -0.900. The Kier molecular flexibility index (Phi) is 4.08. The number of rotatable bonds is 3. The molecule has 0 fully saturated rings. The molecule has 0 spiro atoms. The zero-order valence-corrected chi connectivity index (χ0v) is 10.8. The Morgan fingerprint density at radius 2 is 2.19 bits per heavy atom. The number of sulfonamides is 1. The van der Waals surface area contributed by atoms with Crippen LogP contribution in [0.3, 0.4) is 0 Å². The van der Waals surface area contributed by atoms with Gasteiger partial charge >= 0.3 is 0 Å². The number of hydrogen-bond acceptors (Lipinski definition) is 2. The van der Waals surface area contributed by atoms with Gasteiger partial charge in [0.1, 0.15) is 5.82 Å². The first-order chi connectivity index (χ1) is 7.39. The minimum absolute atomic E-state index is 0.0555. The predicted octanol–water partition coefficient (Wildman–Crippen LogP) is 1.84. The van der Waals surface area contributed by atoms with Crippen molar-refractivity contribution in [2.45, 2.75) is 4.90 Å². The van der Waals surface area contributed by atoms with Gasteiger partial charge in [0, 0.05) is 7.05 Å². The van der Waals surface area contributed by atoms with Crippen LogP contribution in [-0.2, 0) is 10.0 Å². The zero-order valence-electron chi connectivity index (χ0n) is 8.44. The van der Waals surface area contributed by atoms with Crippen molar-refractivity contribution in [3.63, 3.8) is 0 Å². The van der Waals surface area contributed by atoms with Crippen LogP contribution in [0.25, 0.3) is 0 Å². The van der Waals surface area contributed by atoms with Crippen LogP contribution in [0, 0.1) is 18.2 Å². The molecule has 0 aromatic heterocycles. The molecule has 3 nitrogen and oxygen atoms in total. The number of nitrogens with zero attached hydrogens (tertiary/aromatic N) is 1. The third-order valence-corrected chi connectivity index (χ3v) is 4.36. The highest BCUT2D eigenvalue weighted by molar-refractivity contribution is 9.10. The minimum atomic E-state index is -3.71. The van der Waals surface area contributed by atoms with Gasteiger partial charge in [-0.2, -0.15) is 4.31 Å². The molecule has 0 saturated heterocycles. The lowest BCUT2D eigenvalue weighted by Gasteiger charge is -2.14. The average molecular weight is 306 g/mol. The lowest BCUT2D eigenvalue weighted by molar-refractivity contribution is 0.501. The van der Waals surface area contributed by atoms with Crippen molar-refractivity contribution in [2.75, 3.05) is 13.6 Å². The molecule has 1 aromatic carbocycles. The number of halogens is 2. The summed E-state index contributed by atoms with van der Waals surface area (Å²) in [6.07, 6.45) is 5.02. The molecular weight excluding hydrogens is 297 g/mol. The molecule has 86 valence electrons. The van der Waals surface area contributed by atoms with Crippen molar-refractivity contribution in [1.29, 1.82) is 0 Å². The Balaban J connectivity index is 3.18. The van der Waals surface area contributed by atoms with Crippen molar-refractivity contribution in [1.82, 2.24) is 4.31 Å². The summed E-state index contributed by atoms with van der Waals surface area (Å²) in [4.78, 5) is -0.119. The summed E-state index contributed by atoms with van der Waals surface area (Å²) in [6.45, 7) is -0.0555. The molecule has 0 N–H and O–H groups in total. The zero-order chi connectivity index (χ0) is 12.3. The van der Waals surface area contributed by atoms with Crippen LogP contribution in [0.1, 0.15) is 0 Å². The maximum absolute atomic E-state index is 13.2. The predicted molar refractivity (Wildman–Crippen MR) is 62.7 cm³/mol. The Morgan fingerprint density at radius 3 is 2.69 bits per heavy atom. The third kappa shape index (κ3) is 2.61. The smallest absolute Gasteiger partial charge is 0.207 e. The van der Waals surface area contributed by atoms with Crippen LogP contribution in [0.15, 0.2) is 27.6 Å². The molecule has 0 saturated carbocycles. The summed E-state index contributed by atoms with van der Waals surface area (Å²) in [5, 5.41) is 0. The second kappa shape index (κ2) is 4.95. The van der Waals surface area contributed by atoms with E-state index in [4.69, 9.17) is 6.42 Å². The van der Waals surface area contributed by atoms with E-state index in [0.29, 0.717) is 0 Å². The van der Waals surface area contributed by atoms with Crippen molar-refractivity contribution in [3.05, 3.63) is 28.5 Å². The van der Waals surface area contributed by atoms with E-state index in [9.17, 15) is 12.8 Å². The molecule has 0 heterocycles. The second-order valence-electron chi connectivity index (χ2n) is 3.04. The summed E-state index contributed by atoms with van der Waals surface area (Å²) in [7, 11) is -2.37. The van der Waals surface area contributed by atoms with Crippen LogP contribution < -0.4 is 0 Å². The Bertz CT molecular complexity index is 536. The molecule has 0 radical (unpaired) electrons. The van der Waals surface area contributed by atoms with E-state index >= 15 is 0 Å². The highest BCUT2D eigenvalue weighted by atomic mass is 79.9. The van der Waals surface area contributed by atoms with Gasteiger partial charge in [0.25, 0.3) is 0 Å². The molecule has 1 rings (SSSR count). The van der Waals surface area contributed by atoms with Gasteiger partial charge in [0.2, 0.25) is 10.0 Å². The van der Waals surface area contributed by atoms with E-state index in [0.717, 1.165) is 10.4 Å². The van der Waals surface area contributed by atoms with Gasteiger partial charge in [-0.3, -0.25) is 0 Å². The quantitative estimate of drug-likeness (QED) is 0.799. The number of hydrogen-bond donors (Lipinski definition) is 0. The molecule has 0 bridgehead atoms. The minimum Gasteiger partial charge on any atom is -0.207 e. The highest BCUT2D eigenvalue weighted by Gasteiger charge is 2.20. The highest BCUT2D eigenvalue weighted by Crippen LogP contribution is 2.21. The van der Waals surface area contributed by atoms with E-state index in [1.54, 1.807) is 0 Å². The van der Waals surface area contributed by atoms with Crippen LogP contribution in [-0.4, -0.2) is 26.3 Å². The summed E-state index contributed by atoms with van der Waals surface area (Å²) < 4.78 is 38.1. The van der Waals surface area contributed by atoms with Crippen LogP contribution in [0.4, 0.5) is 4.39 Å². The standard InChI is InChI=1S/C10H9BrFNO2S/c1-3-6-13(2)16(14,15)8-4-5-9(11)10(12)7-8/h1,4-5,7H,6H2,2H3. The Labute approximate surface area is 102 Å². The fourth-order valence-corrected chi connectivity index (χ4v) is 2.37. The lowest BCUT2D eigenvalue weighted by atomic mass is 10.3. The van der Waals surface area contributed by atoms with Crippen molar-refractivity contribution < 1.29 is 12.8 Å². The molecule has 0 aliphatic heterocycles. The fourth-order valence-electron chi connectivity index (χ4n) is 1.03. The van der Waals surface area contributed by atoms with Gasteiger partial charge in [0.15, 0.2) is 0 Å². The Morgan fingerprint density at radius 1 is 1.56 bits per heavy atom. The maximum Gasteiger partial charge on any atom is 0.243 e. The molecule has 0 amide bonds. The third-order valence-electron chi connectivity index (χ3n) is 1.91.